The lowest BCUT2D eigenvalue weighted by Crippen LogP contribution is -2.34. The average Bonchev–Trinajstić information content (AvgIpc) is 3.00. The van der Waals surface area contributed by atoms with Gasteiger partial charge in [-0.25, -0.2) is 0 Å². The van der Waals surface area contributed by atoms with Crippen LogP contribution in [0, 0.1) is 18.3 Å². The van der Waals surface area contributed by atoms with E-state index < -0.39 is 0 Å². The van der Waals surface area contributed by atoms with Gasteiger partial charge in [-0.15, -0.1) is 0 Å². The molecular weight excluding hydrogens is 372 g/mol. The van der Waals surface area contributed by atoms with Crippen LogP contribution in [0.4, 0.5) is 0 Å². The van der Waals surface area contributed by atoms with Gasteiger partial charge in [-0.1, -0.05) is 18.0 Å². The molecule has 0 spiro atoms. The molecule has 1 fully saturated rings. The molecule has 1 aliphatic heterocycles. The van der Waals surface area contributed by atoms with Gasteiger partial charge in [0.05, 0.1) is 39.8 Å². The lowest BCUT2D eigenvalue weighted by atomic mass is 10.1. The number of fused-ring (bicyclic) bond motifs is 1. The second kappa shape index (κ2) is 7.75. The molecule has 28 heavy (non-hydrogen) atoms. The number of hydrogen-bond acceptors (Lipinski definition) is 4. The van der Waals surface area contributed by atoms with Crippen molar-refractivity contribution in [2.24, 2.45) is 0 Å². The third-order valence-electron chi connectivity index (χ3n) is 5.36. The van der Waals surface area contributed by atoms with Gasteiger partial charge in [-0.05, 0) is 63.2 Å². The number of pyridine rings is 1. The van der Waals surface area contributed by atoms with Crippen molar-refractivity contribution in [2.45, 2.75) is 26.2 Å². The van der Waals surface area contributed by atoms with Crippen LogP contribution in [0.5, 0.6) is 0 Å². The van der Waals surface area contributed by atoms with E-state index >= 15 is 0 Å². The Balaban J connectivity index is 1.81. The van der Waals surface area contributed by atoms with Crippen molar-refractivity contribution < 1.29 is 4.79 Å². The minimum absolute atomic E-state index is 0.0895. The summed E-state index contributed by atoms with van der Waals surface area (Å²) in [5.74, 6) is 0.0895. The third kappa shape index (κ3) is 3.42. The molecule has 0 amide bonds. The number of rotatable bonds is 4. The van der Waals surface area contributed by atoms with Crippen LogP contribution in [0.25, 0.3) is 16.7 Å². The molecule has 0 aliphatic carbocycles. The van der Waals surface area contributed by atoms with E-state index in [1.54, 1.807) is 18.3 Å². The lowest BCUT2D eigenvalue weighted by molar-refractivity contribution is 0.0916. The Labute approximate surface area is 169 Å². The molecular formula is C22H21ClN4O. The van der Waals surface area contributed by atoms with Gasteiger partial charge in [0.15, 0.2) is 5.78 Å². The Hall–Kier alpha value is -2.68. The molecule has 1 saturated heterocycles. The number of likely N-dealkylation sites (tertiary alicyclic amines) is 1. The number of halogens is 1. The Bertz CT molecular complexity index is 1070. The summed E-state index contributed by atoms with van der Waals surface area (Å²) < 4.78 is 2.00. The minimum atomic E-state index is 0.0895. The topological polar surface area (TPSA) is 61.9 Å². The maximum Gasteiger partial charge on any atom is 0.180 e. The zero-order chi connectivity index (χ0) is 19.7. The smallest absolute Gasteiger partial charge is 0.180 e. The minimum Gasteiger partial charge on any atom is -0.311 e. The first kappa shape index (κ1) is 18.7. The zero-order valence-corrected chi connectivity index (χ0v) is 16.5. The van der Waals surface area contributed by atoms with E-state index in [0.29, 0.717) is 28.2 Å². The van der Waals surface area contributed by atoms with E-state index in [2.05, 4.69) is 16.0 Å². The highest BCUT2D eigenvalue weighted by Gasteiger charge is 2.24. The summed E-state index contributed by atoms with van der Waals surface area (Å²) in [5.41, 5.74) is 4.45. The van der Waals surface area contributed by atoms with E-state index in [4.69, 9.17) is 16.9 Å². The molecule has 0 bridgehead atoms. The van der Waals surface area contributed by atoms with Crippen LogP contribution in [0.2, 0.25) is 5.02 Å². The fraction of sp³-hybridized carbons (Fsp3) is 0.318. The number of piperidine rings is 1. The molecule has 0 atom stereocenters. The van der Waals surface area contributed by atoms with Crippen molar-refractivity contribution in [3.8, 4) is 11.8 Å². The van der Waals surface area contributed by atoms with Gasteiger partial charge in [0.1, 0.15) is 0 Å². The van der Waals surface area contributed by atoms with Crippen LogP contribution < -0.4 is 0 Å². The monoisotopic (exact) mass is 392 g/mol. The van der Waals surface area contributed by atoms with Crippen molar-refractivity contribution in [3.63, 3.8) is 0 Å². The molecule has 142 valence electrons. The van der Waals surface area contributed by atoms with Gasteiger partial charge in [-0.3, -0.25) is 14.7 Å². The van der Waals surface area contributed by atoms with E-state index in [-0.39, 0.29) is 5.78 Å². The Kier molecular flexibility index (Phi) is 5.17. The summed E-state index contributed by atoms with van der Waals surface area (Å²) in [6.45, 7) is 4.30. The number of hydrogen-bond donors (Lipinski definition) is 0. The van der Waals surface area contributed by atoms with Gasteiger partial charge in [-0.2, -0.15) is 5.26 Å². The maximum atomic E-state index is 13.2. The molecule has 6 heteroatoms. The van der Waals surface area contributed by atoms with E-state index in [0.717, 1.165) is 42.8 Å². The first-order valence-corrected chi connectivity index (χ1v) is 9.89. The number of nitriles is 1. The lowest BCUT2D eigenvalue weighted by Gasteiger charge is -2.25. The number of carbonyl (C=O) groups is 1. The molecule has 0 N–H and O–H groups in total. The van der Waals surface area contributed by atoms with Crippen LogP contribution in [-0.2, 0) is 0 Å². The van der Waals surface area contributed by atoms with Gasteiger partial charge >= 0.3 is 0 Å². The number of Topliss-reactive ketones (excluding diaryl/α,β-unsaturated/α-hetero) is 1. The zero-order valence-electron chi connectivity index (χ0n) is 15.8. The highest BCUT2D eigenvalue weighted by molar-refractivity contribution is 6.31. The average molecular weight is 393 g/mol. The second-order valence-corrected chi connectivity index (χ2v) is 7.67. The number of carbonyl (C=O) groups excluding carboxylic acids is 1. The Morgan fingerprint density at radius 2 is 1.93 bits per heavy atom. The van der Waals surface area contributed by atoms with Crippen LogP contribution in [0.15, 0.2) is 36.5 Å². The fourth-order valence-corrected chi connectivity index (χ4v) is 4.16. The quantitative estimate of drug-likeness (QED) is 0.612. The first-order chi connectivity index (χ1) is 13.6. The predicted molar refractivity (Wildman–Crippen MR) is 110 cm³/mol. The van der Waals surface area contributed by atoms with Gasteiger partial charge in [0.2, 0.25) is 0 Å². The molecule has 1 aromatic carbocycles. The Morgan fingerprint density at radius 3 is 2.61 bits per heavy atom. The largest absolute Gasteiger partial charge is 0.311 e. The fourth-order valence-electron chi connectivity index (χ4n) is 4.01. The van der Waals surface area contributed by atoms with Crippen LogP contribution in [0.3, 0.4) is 0 Å². The normalized spacial score (nSPS) is 14.9. The van der Waals surface area contributed by atoms with E-state index in [1.807, 2.05) is 29.7 Å². The van der Waals surface area contributed by atoms with Gasteiger partial charge < -0.3 is 4.57 Å². The van der Waals surface area contributed by atoms with E-state index in [9.17, 15) is 4.79 Å². The molecule has 1 aliphatic rings. The van der Waals surface area contributed by atoms with Crippen LogP contribution >= 0.6 is 11.6 Å². The highest BCUT2D eigenvalue weighted by Crippen LogP contribution is 2.30. The first-order valence-electron chi connectivity index (χ1n) is 9.51. The molecule has 3 heterocycles. The van der Waals surface area contributed by atoms with Crippen molar-refractivity contribution in [3.05, 3.63) is 58.4 Å². The molecule has 0 saturated carbocycles. The third-order valence-corrected chi connectivity index (χ3v) is 5.57. The standard InChI is InChI=1S/C22H21ClN4O/c1-15-21(20(28)14-26-9-3-2-4-10-26)22-19(11-17(23)13-25-22)27(15)18-7-5-16(12-24)6-8-18/h5-8,11,13H,2-4,9-10,14H2,1H3. The second-order valence-electron chi connectivity index (χ2n) is 7.24. The van der Waals surface area contributed by atoms with Crippen molar-refractivity contribution in [2.75, 3.05) is 19.6 Å². The highest BCUT2D eigenvalue weighted by atomic mass is 35.5. The molecule has 3 aromatic rings. The molecule has 5 nitrogen and oxygen atoms in total. The molecule has 2 aromatic heterocycles. The number of ketones is 1. The summed E-state index contributed by atoms with van der Waals surface area (Å²) in [5, 5.41) is 9.58. The van der Waals surface area contributed by atoms with Crippen molar-refractivity contribution >= 4 is 28.4 Å². The summed E-state index contributed by atoms with van der Waals surface area (Å²) >= 11 is 6.21. The number of benzene rings is 1. The molecule has 0 radical (unpaired) electrons. The summed E-state index contributed by atoms with van der Waals surface area (Å²) in [4.78, 5) is 19.9. The van der Waals surface area contributed by atoms with Crippen LogP contribution in [0.1, 0.15) is 40.9 Å². The van der Waals surface area contributed by atoms with Crippen molar-refractivity contribution in [1.29, 1.82) is 5.26 Å². The number of aromatic nitrogens is 2. The molecule has 0 unspecified atom stereocenters. The Morgan fingerprint density at radius 1 is 1.21 bits per heavy atom. The van der Waals surface area contributed by atoms with Gasteiger partial charge in [0.25, 0.3) is 0 Å². The predicted octanol–water partition coefficient (Wildman–Crippen LogP) is 4.53. The van der Waals surface area contributed by atoms with Crippen molar-refractivity contribution in [1.82, 2.24) is 14.5 Å². The maximum absolute atomic E-state index is 13.2. The van der Waals surface area contributed by atoms with E-state index in [1.165, 1.54) is 6.42 Å². The summed E-state index contributed by atoms with van der Waals surface area (Å²) in [6.07, 6.45) is 5.12. The molecule has 4 rings (SSSR count). The SMILES string of the molecule is Cc1c(C(=O)CN2CCCCC2)c2ncc(Cl)cc2n1-c1ccc(C#N)cc1. The summed E-state index contributed by atoms with van der Waals surface area (Å²) in [6, 6.07) is 11.3. The number of nitrogens with zero attached hydrogens (tertiary/aromatic N) is 4. The van der Waals surface area contributed by atoms with Gasteiger partial charge in [0, 0.05) is 17.6 Å². The van der Waals surface area contributed by atoms with Crippen LogP contribution in [-0.4, -0.2) is 39.9 Å². The summed E-state index contributed by atoms with van der Waals surface area (Å²) in [7, 11) is 0.